The second kappa shape index (κ2) is 4.15. The number of aromatic nitrogens is 1. The van der Waals surface area contributed by atoms with Crippen LogP contribution in [0.25, 0.3) is 0 Å². The Bertz CT molecular complexity index is 228. The van der Waals surface area contributed by atoms with Crippen LogP contribution >= 0.6 is 27.3 Å². The van der Waals surface area contributed by atoms with Crippen LogP contribution in [0.4, 0.5) is 0 Å². The molecule has 1 N–H and O–H groups in total. The lowest BCUT2D eigenvalue weighted by Crippen LogP contribution is -1.99. The molecule has 0 bridgehead atoms. The smallest absolute Gasteiger partial charge is 0.192 e. The normalized spacial score (nSPS) is 13.4. The Morgan fingerprint density at radius 3 is 3.09 bits per heavy atom. The summed E-state index contributed by atoms with van der Waals surface area (Å²) in [5, 5.41) is 9.26. The van der Waals surface area contributed by atoms with Gasteiger partial charge in [0.1, 0.15) is 0 Å². The van der Waals surface area contributed by atoms with Crippen LogP contribution in [-0.4, -0.2) is 16.7 Å². The number of nitrogens with zero attached hydrogens (tertiary/aromatic N) is 1. The molecule has 0 saturated carbocycles. The molecule has 1 aromatic heterocycles. The van der Waals surface area contributed by atoms with Crippen molar-refractivity contribution >= 4 is 27.3 Å². The lowest BCUT2D eigenvalue weighted by Gasteiger charge is -2.05. The monoisotopic (exact) mass is 237 g/mol. The maximum Gasteiger partial charge on any atom is 0.192 e. The zero-order valence-corrected chi connectivity index (χ0v) is 8.35. The van der Waals surface area contributed by atoms with E-state index in [1.165, 1.54) is 11.3 Å². The Kier molecular flexibility index (Phi) is 3.45. The number of aliphatic hydroxyl groups excluding tert-OH is 1. The predicted molar refractivity (Wildman–Crippen MR) is 46.4 cm³/mol. The molecule has 1 unspecified atom stereocenters. The van der Waals surface area contributed by atoms with Gasteiger partial charge < -0.3 is 9.84 Å². The van der Waals surface area contributed by atoms with E-state index < -0.39 is 6.29 Å². The number of ether oxygens (including phenoxy) is 1. The molecular formula is C6H8BrNO2S. The summed E-state index contributed by atoms with van der Waals surface area (Å²) in [6, 6.07) is 0. The first-order valence-corrected chi connectivity index (χ1v) is 4.76. The predicted octanol–water partition coefficient (Wildman–Crippen LogP) is 1.93. The van der Waals surface area contributed by atoms with E-state index in [4.69, 9.17) is 4.74 Å². The van der Waals surface area contributed by atoms with E-state index in [0.29, 0.717) is 6.61 Å². The highest BCUT2D eigenvalue weighted by Gasteiger charge is 2.09. The van der Waals surface area contributed by atoms with Crippen molar-refractivity contribution in [3.8, 4) is 0 Å². The van der Waals surface area contributed by atoms with Crippen molar-refractivity contribution in [1.29, 1.82) is 0 Å². The maximum atomic E-state index is 9.26. The van der Waals surface area contributed by atoms with Crippen molar-refractivity contribution in [2.24, 2.45) is 0 Å². The minimum Gasteiger partial charge on any atom is -0.364 e. The third-order valence-corrected chi connectivity index (χ3v) is 2.57. The molecule has 0 radical (unpaired) electrons. The van der Waals surface area contributed by atoms with Crippen LogP contribution in [0, 0.1) is 0 Å². The molecule has 0 aliphatic heterocycles. The molecule has 11 heavy (non-hydrogen) atoms. The van der Waals surface area contributed by atoms with Gasteiger partial charge in [0.05, 0.1) is 4.88 Å². The lowest BCUT2D eigenvalue weighted by molar-refractivity contribution is -0.0956. The van der Waals surface area contributed by atoms with Crippen LogP contribution in [0.2, 0.25) is 0 Å². The van der Waals surface area contributed by atoms with Crippen LogP contribution in [0.5, 0.6) is 0 Å². The quantitative estimate of drug-likeness (QED) is 0.818. The molecular weight excluding hydrogens is 230 g/mol. The highest BCUT2D eigenvalue weighted by Crippen LogP contribution is 2.24. The van der Waals surface area contributed by atoms with Crippen molar-refractivity contribution in [1.82, 2.24) is 4.98 Å². The van der Waals surface area contributed by atoms with Crippen molar-refractivity contribution < 1.29 is 9.84 Å². The van der Waals surface area contributed by atoms with Gasteiger partial charge in [-0.1, -0.05) is 0 Å². The molecule has 5 heteroatoms. The van der Waals surface area contributed by atoms with E-state index in [9.17, 15) is 5.11 Å². The van der Waals surface area contributed by atoms with Crippen molar-refractivity contribution in [3.05, 3.63) is 15.0 Å². The van der Waals surface area contributed by atoms with Crippen LogP contribution in [0.3, 0.4) is 0 Å². The summed E-state index contributed by atoms with van der Waals surface area (Å²) in [4.78, 5) is 4.64. The standard InChI is InChI=1S/C6H8BrNO2S/c1-2-10-5(9)4-3-8-6(7)11-4/h3,5,9H,2H2,1H3. The zero-order chi connectivity index (χ0) is 8.27. The lowest BCUT2D eigenvalue weighted by atomic mass is 10.5. The van der Waals surface area contributed by atoms with Gasteiger partial charge in [-0.25, -0.2) is 4.98 Å². The van der Waals surface area contributed by atoms with E-state index in [2.05, 4.69) is 20.9 Å². The van der Waals surface area contributed by atoms with Gasteiger partial charge >= 0.3 is 0 Å². The van der Waals surface area contributed by atoms with Gasteiger partial charge in [0.25, 0.3) is 0 Å². The second-order valence-corrected chi connectivity index (χ2v) is 4.16. The van der Waals surface area contributed by atoms with E-state index in [1.807, 2.05) is 6.92 Å². The molecule has 1 rings (SSSR count). The summed E-state index contributed by atoms with van der Waals surface area (Å²) in [6.07, 6.45) is 0.763. The Balaban J connectivity index is 2.60. The van der Waals surface area contributed by atoms with Crippen molar-refractivity contribution in [3.63, 3.8) is 0 Å². The molecule has 0 aliphatic rings. The van der Waals surface area contributed by atoms with Gasteiger partial charge in [-0.2, -0.15) is 0 Å². The number of hydrogen-bond donors (Lipinski definition) is 1. The summed E-state index contributed by atoms with van der Waals surface area (Å²) < 4.78 is 5.70. The largest absolute Gasteiger partial charge is 0.364 e. The van der Waals surface area contributed by atoms with Gasteiger partial charge in [0.2, 0.25) is 0 Å². The van der Waals surface area contributed by atoms with Crippen LogP contribution < -0.4 is 0 Å². The molecule has 0 saturated heterocycles. The first kappa shape index (κ1) is 9.12. The molecule has 0 amide bonds. The first-order valence-electron chi connectivity index (χ1n) is 3.15. The van der Waals surface area contributed by atoms with Gasteiger partial charge in [-0.05, 0) is 22.9 Å². The molecule has 1 heterocycles. The Hall–Kier alpha value is 0.0300. The number of aliphatic hydroxyl groups is 1. The number of rotatable bonds is 3. The minimum absolute atomic E-state index is 0.497. The number of hydrogen-bond acceptors (Lipinski definition) is 4. The van der Waals surface area contributed by atoms with Gasteiger partial charge in [0, 0.05) is 12.8 Å². The highest BCUT2D eigenvalue weighted by atomic mass is 79.9. The van der Waals surface area contributed by atoms with Crippen LogP contribution in [-0.2, 0) is 4.74 Å². The Morgan fingerprint density at radius 2 is 2.64 bits per heavy atom. The molecule has 1 aromatic rings. The molecule has 3 nitrogen and oxygen atoms in total. The van der Waals surface area contributed by atoms with Gasteiger partial charge in [-0.15, -0.1) is 11.3 Å². The van der Waals surface area contributed by atoms with Crippen molar-refractivity contribution in [2.45, 2.75) is 13.2 Å². The van der Waals surface area contributed by atoms with E-state index in [0.717, 1.165) is 8.79 Å². The number of halogens is 1. The fourth-order valence-corrected chi connectivity index (χ4v) is 1.86. The van der Waals surface area contributed by atoms with E-state index >= 15 is 0 Å². The second-order valence-electron chi connectivity index (χ2n) is 1.82. The van der Waals surface area contributed by atoms with Crippen LogP contribution in [0.15, 0.2) is 10.1 Å². The third-order valence-electron chi connectivity index (χ3n) is 1.06. The number of thiazole rings is 1. The highest BCUT2D eigenvalue weighted by molar-refractivity contribution is 9.11. The Labute approximate surface area is 77.2 Å². The SMILES string of the molecule is CCOC(O)c1cnc(Br)s1. The Morgan fingerprint density at radius 1 is 1.91 bits per heavy atom. The summed E-state index contributed by atoms with van der Waals surface area (Å²) in [5.41, 5.74) is 0. The van der Waals surface area contributed by atoms with Gasteiger partial charge in [0.15, 0.2) is 10.2 Å². The van der Waals surface area contributed by atoms with E-state index in [-0.39, 0.29) is 0 Å². The summed E-state index contributed by atoms with van der Waals surface area (Å²) in [6.45, 7) is 2.33. The fourth-order valence-electron chi connectivity index (χ4n) is 0.618. The molecule has 0 aliphatic carbocycles. The summed E-state index contributed by atoms with van der Waals surface area (Å²) in [5.74, 6) is 0. The van der Waals surface area contributed by atoms with Crippen molar-refractivity contribution in [2.75, 3.05) is 6.61 Å². The molecule has 0 fully saturated rings. The molecule has 0 spiro atoms. The summed E-state index contributed by atoms with van der Waals surface area (Å²) >= 11 is 4.56. The molecule has 0 aromatic carbocycles. The molecule has 62 valence electrons. The fraction of sp³-hybridized carbons (Fsp3) is 0.500. The van der Waals surface area contributed by atoms with Crippen LogP contribution in [0.1, 0.15) is 18.1 Å². The average molecular weight is 238 g/mol. The average Bonchev–Trinajstić information content (AvgIpc) is 2.36. The third kappa shape index (κ3) is 2.52. The molecule has 1 atom stereocenters. The maximum absolute atomic E-state index is 9.26. The summed E-state index contributed by atoms with van der Waals surface area (Å²) in [7, 11) is 0. The zero-order valence-electron chi connectivity index (χ0n) is 5.95. The first-order chi connectivity index (χ1) is 5.24. The van der Waals surface area contributed by atoms with Gasteiger partial charge in [-0.3, -0.25) is 0 Å². The topological polar surface area (TPSA) is 42.4 Å². The van der Waals surface area contributed by atoms with E-state index in [1.54, 1.807) is 6.20 Å². The minimum atomic E-state index is -0.830.